The van der Waals surface area contributed by atoms with Crippen LogP contribution in [-0.2, 0) is 12.8 Å². The van der Waals surface area contributed by atoms with Crippen molar-refractivity contribution >= 4 is 5.69 Å². The second-order valence-electron chi connectivity index (χ2n) is 4.31. The molecule has 0 aliphatic carbocycles. The van der Waals surface area contributed by atoms with Crippen LogP contribution in [0, 0.1) is 6.92 Å². The van der Waals surface area contributed by atoms with Crippen LogP contribution in [0.1, 0.15) is 30.8 Å². The van der Waals surface area contributed by atoms with E-state index in [1.807, 2.05) is 16.8 Å². The number of rotatable bonds is 3. The van der Waals surface area contributed by atoms with Crippen LogP contribution in [0.15, 0.2) is 24.3 Å². The van der Waals surface area contributed by atoms with Crippen molar-refractivity contribution in [2.75, 3.05) is 5.73 Å². The molecule has 0 bridgehead atoms. The molecule has 90 valence electrons. The Morgan fingerprint density at radius 3 is 2.59 bits per heavy atom. The normalized spacial score (nSPS) is 10.8. The van der Waals surface area contributed by atoms with Gasteiger partial charge in [-0.05, 0) is 43.5 Å². The summed E-state index contributed by atoms with van der Waals surface area (Å²) in [4.78, 5) is 0. The molecule has 0 aliphatic rings. The molecule has 2 rings (SSSR count). The van der Waals surface area contributed by atoms with Gasteiger partial charge in [-0.15, -0.1) is 0 Å². The smallest absolute Gasteiger partial charge is 0.0880 e. The molecule has 0 aliphatic heterocycles. The molecular formula is C14H19N3. The van der Waals surface area contributed by atoms with Crippen LogP contribution in [0.25, 0.3) is 5.69 Å². The van der Waals surface area contributed by atoms with E-state index in [-0.39, 0.29) is 0 Å². The summed E-state index contributed by atoms with van der Waals surface area (Å²) in [7, 11) is 0. The van der Waals surface area contributed by atoms with E-state index in [0.717, 1.165) is 29.9 Å². The topological polar surface area (TPSA) is 43.8 Å². The molecule has 2 aromatic rings. The number of hydrogen-bond donors (Lipinski definition) is 1. The van der Waals surface area contributed by atoms with Gasteiger partial charge < -0.3 is 5.73 Å². The number of hydrogen-bond acceptors (Lipinski definition) is 2. The minimum Gasteiger partial charge on any atom is -0.397 e. The van der Waals surface area contributed by atoms with E-state index in [0.29, 0.717) is 0 Å². The fourth-order valence-electron chi connectivity index (χ4n) is 1.95. The highest BCUT2D eigenvalue weighted by Crippen LogP contribution is 2.21. The first-order valence-corrected chi connectivity index (χ1v) is 6.10. The van der Waals surface area contributed by atoms with Crippen molar-refractivity contribution in [1.29, 1.82) is 0 Å². The highest BCUT2D eigenvalue weighted by atomic mass is 15.3. The number of aromatic nitrogens is 2. The number of anilines is 1. The largest absolute Gasteiger partial charge is 0.397 e. The van der Waals surface area contributed by atoms with Crippen molar-refractivity contribution in [3.8, 4) is 5.69 Å². The van der Waals surface area contributed by atoms with E-state index in [1.165, 1.54) is 11.3 Å². The van der Waals surface area contributed by atoms with Gasteiger partial charge in [-0.3, -0.25) is 0 Å². The first kappa shape index (κ1) is 11.7. The molecule has 1 heterocycles. The minimum atomic E-state index is 0.774. The lowest BCUT2D eigenvalue weighted by Crippen LogP contribution is -2.05. The van der Waals surface area contributed by atoms with Gasteiger partial charge in [0.15, 0.2) is 0 Å². The van der Waals surface area contributed by atoms with Crippen molar-refractivity contribution < 1.29 is 0 Å². The molecule has 1 aromatic heterocycles. The Balaban J connectivity index is 2.58. The molecule has 0 saturated heterocycles. The molecule has 2 N–H and O–H groups in total. The zero-order valence-electron chi connectivity index (χ0n) is 10.7. The van der Waals surface area contributed by atoms with Crippen LogP contribution in [0.5, 0.6) is 0 Å². The van der Waals surface area contributed by atoms with Gasteiger partial charge in [0.1, 0.15) is 0 Å². The van der Waals surface area contributed by atoms with E-state index in [1.54, 1.807) is 0 Å². The van der Waals surface area contributed by atoms with E-state index < -0.39 is 0 Å². The maximum atomic E-state index is 6.03. The SMILES string of the molecule is CCc1cc(CC)n(-c2cc(C)ccc2N)n1. The third kappa shape index (κ3) is 2.18. The summed E-state index contributed by atoms with van der Waals surface area (Å²) in [5.74, 6) is 0. The third-order valence-corrected chi connectivity index (χ3v) is 2.97. The van der Waals surface area contributed by atoms with Crippen LogP contribution < -0.4 is 5.73 Å². The molecule has 0 radical (unpaired) electrons. The first-order chi connectivity index (χ1) is 8.15. The van der Waals surface area contributed by atoms with Crippen molar-refractivity contribution in [3.63, 3.8) is 0 Å². The van der Waals surface area contributed by atoms with Gasteiger partial charge >= 0.3 is 0 Å². The molecule has 3 heteroatoms. The second-order valence-corrected chi connectivity index (χ2v) is 4.31. The minimum absolute atomic E-state index is 0.774. The molecular weight excluding hydrogens is 210 g/mol. The molecule has 0 spiro atoms. The zero-order valence-corrected chi connectivity index (χ0v) is 10.7. The summed E-state index contributed by atoms with van der Waals surface area (Å²) in [6, 6.07) is 8.20. The molecule has 0 saturated carbocycles. The summed E-state index contributed by atoms with van der Waals surface area (Å²) in [6.07, 6.45) is 1.91. The lowest BCUT2D eigenvalue weighted by molar-refractivity contribution is 0.795. The Morgan fingerprint density at radius 1 is 1.18 bits per heavy atom. The van der Waals surface area contributed by atoms with Crippen molar-refractivity contribution in [2.45, 2.75) is 33.6 Å². The molecule has 0 atom stereocenters. The molecule has 1 aromatic carbocycles. The predicted molar refractivity (Wildman–Crippen MR) is 71.5 cm³/mol. The van der Waals surface area contributed by atoms with Gasteiger partial charge in [-0.1, -0.05) is 19.9 Å². The lowest BCUT2D eigenvalue weighted by Gasteiger charge is -2.09. The fourth-order valence-corrected chi connectivity index (χ4v) is 1.95. The van der Waals surface area contributed by atoms with E-state index >= 15 is 0 Å². The van der Waals surface area contributed by atoms with E-state index in [2.05, 4.69) is 38.0 Å². The highest BCUT2D eigenvalue weighted by Gasteiger charge is 2.09. The van der Waals surface area contributed by atoms with E-state index in [4.69, 9.17) is 5.73 Å². The summed E-state index contributed by atoms with van der Waals surface area (Å²) in [5, 5.41) is 4.61. The lowest BCUT2D eigenvalue weighted by atomic mass is 10.2. The number of nitrogen functional groups attached to an aromatic ring is 1. The van der Waals surface area contributed by atoms with Crippen LogP contribution in [0.2, 0.25) is 0 Å². The second kappa shape index (κ2) is 4.62. The van der Waals surface area contributed by atoms with Crippen LogP contribution in [0.3, 0.4) is 0 Å². The quantitative estimate of drug-likeness (QED) is 0.822. The van der Waals surface area contributed by atoms with E-state index in [9.17, 15) is 0 Å². The number of nitrogens with two attached hydrogens (primary N) is 1. The van der Waals surface area contributed by atoms with Crippen molar-refractivity contribution in [3.05, 3.63) is 41.2 Å². The molecule has 0 fully saturated rings. The van der Waals surface area contributed by atoms with Gasteiger partial charge in [0.05, 0.1) is 17.1 Å². The number of benzene rings is 1. The summed E-state index contributed by atoms with van der Waals surface area (Å²) < 4.78 is 1.97. The summed E-state index contributed by atoms with van der Waals surface area (Å²) >= 11 is 0. The predicted octanol–water partition coefficient (Wildman–Crippen LogP) is 2.89. The summed E-state index contributed by atoms with van der Waals surface area (Å²) in [6.45, 7) is 6.32. The van der Waals surface area contributed by atoms with Crippen molar-refractivity contribution in [1.82, 2.24) is 9.78 Å². The Hall–Kier alpha value is -1.77. The Morgan fingerprint density at radius 2 is 1.94 bits per heavy atom. The Bertz CT molecular complexity index is 526. The monoisotopic (exact) mass is 229 g/mol. The molecule has 3 nitrogen and oxygen atoms in total. The van der Waals surface area contributed by atoms with Gasteiger partial charge in [0, 0.05) is 5.69 Å². The van der Waals surface area contributed by atoms with Crippen LogP contribution in [0.4, 0.5) is 5.69 Å². The fraction of sp³-hybridized carbons (Fsp3) is 0.357. The average molecular weight is 229 g/mol. The average Bonchev–Trinajstić information content (AvgIpc) is 2.75. The van der Waals surface area contributed by atoms with Gasteiger partial charge in [-0.25, -0.2) is 4.68 Å². The Labute approximate surface area is 102 Å². The highest BCUT2D eigenvalue weighted by molar-refractivity contribution is 5.59. The summed E-state index contributed by atoms with van der Waals surface area (Å²) in [5.41, 5.74) is 11.3. The van der Waals surface area contributed by atoms with Gasteiger partial charge in [-0.2, -0.15) is 5.10 Å². The van der Waals surface area contributed by atoms with Crippen LogP contribution >= 0.6 is 0 Å². The standard InChI is InChI=1S/C14H19N3/c1-4-11-9-12(5-2)17(16-11)14-8-10(3)6-7-13(14)15/h6-9H,4-5,15H2,1-3H3. The van der Waals surface area contributed by atoms with Crippen molar-refractivity contribution in [2.24, 2.45) is 0 Å². The molecule has 17 heavy (non-hydrogen) atoms. The zero-order chi connectivity index (χ0) is 12.4. The third-order valence-electron chi connectivity index (χ3n) is 2.97. The number of nitrogens with zero attached hydrogens (tertiary/aromatic N) is 2. The number of aryl methyl sites for hydroxylation is 3. The maximum Gasteiger partial charge on any atom is 0.0880 e. The Kier molecular flexibility index (Phi) is 3.18. The maximum absolute atomic E-state index is 6.03. The first-order valence-electron chi connectivity index (χ1n) is 6.10. The van der Waals surface area contributed by atoms with Crippen LogP contribution in [-0.4, -0.2) is 9.78 Å². The van der Waals surface area contributed by atoms with Gasteiger partial charge in [0.2, 0.25) is 0 Å². The molecule has 0 amide bonds. The van der Waals surface area contributed by atoms with Gasteiger partial charge in [0.25, 0.3) is 0 Å². The molecule has 0 unspecified atom stereocenters.